The fourth-order valence-corrected chi connectivity index (χ4v) is 4.34. The van der Waals surface area contributed by atoms with E-state index in [0.29, 0.717) is 0 Å². The summed E-state index contributed by atoms with van der Waals surface area (Å²) in [4.78, 5) is 0. The zero-order valence-electron chi connectivity index (χ0n) is 12.7. The monoisotopic (exact) mass is 329 g/mol. The lowest BCUT2D eigenvalue weighted by molar-refractivity contribution is 0.106. The Hall–Kier alpha value is -1.69. The number of fused-ring (bicyclic) bond motifs is 3. The smallest absolute Gasteiger partial charge is 0.302 e. The van der Waals surface area contributed by atoms with Gasteiger partial charge in [0.1, 0.15) is 0 Å². The van der Waals surface area contributed by atoms with E-state index in [1.807, 2.05) is 12.1 Å². The first kappa shape index (κ1) is 14.9. The fourth-order valence-electron chi connectivity index (χ4n) is 3.90. The molecule has 1 aromatic heterocycles. The van der Waals surface area contributed by atoms with Crippen LogP contribution in [-0.2, 0) is 15.5 Å². The molecule has 1 heterocycles. The molecule has 4 nitrogen and oxygen atoms in total. The molecule has 0 aliphatic heterocycles. The van der Waals surface area contributed by atoms with E-state index >= 15 is 0 Å². The third kappa shape index (κ3) is 2.59. The van der Waals surface area contributed by atoms with Crippen LogP contribution in [0.2, 0.25) is 0 Å². The van der Waals surface area contributed by atoms with E-state index in [1.54, 1.807) is 0 Å². The highest BCUT2D eigenvalue weighted by molar-refractivity contribution is 7.74. The van der Waals surface area contributed by atoms with Crippen molar-refractivity contribution in [2.45, 2.75) is 37.8 Å². The first-order valence-electron chi connectivity index (χ1n) is 8.01. The van der Waals surface area contributed by atoms with E-state index in [-0.39, 0.29) is 12.1 Å². The molecular weight excluding hydrogens is 310 g/mol. The van der Waals surface area contributed by atoms with Crippen molar-refractivity contribution in [3.8, 4) is 0 Å². The molecule has 1 N–H and O–H groups in total. The summed E-state index contributed by atoms with van der Waals surface area (Å²) in [6.07, 6.45) is 3.70. The fraction of sp³-hybridized carbons (Fsp3) is 0.333. The topological polar surface area (TPSA) is 51.5 Å². The third-order valence-electron chi connectivity index (χ3n) is 4.82. The quantitative estimate of drug-likeness (QED) is 0.723. The lowest BCUT2D eigenvalue weighted by Crippen LogP contribution is -2.30. The lowest BCUT2D eigenvalue weighted by Gasteiger charge is -2.32. The van der Waals surface area contributed by atoms with Gasteiger partial charge in [0.2, 0.25) is 0 Å². The molecule has 1 aliphatic rings. The Morgan fingerprint density at radius 2 is 1.52 bits per heavy atom. The number of aromatic nitrogens is 1. The molecule has 3 atom stereocenters. The van der Waals surface area contributed by atoms with E-state index in [4.69, 9.17) is 4.18 Å². The molecule has 1 saturated carbocycles. The molecule has 1 aliphatic carbocycles. The van der Waals surface area contributed by atoms with Gasteiger partial charge in [-0.25, -0.2) is 0 Å². The van der Waals surface area contributed by atoms with Gasteiger partial charge in [-0.1, -0.05) is 49.2 Å². The number of nitrogens with zero attached hydrogens (tertiary/aromatic N) is 1. The molecule has 3 aromatic rings. The Morgan fingerprint density at radius 3 is 2.13 bits per heavy atom. The van der Waals surface area contributed by atoms with Gasteiger partial charge >= 0.3 is 11.4 Å². The molecule has 120 valence electrons. The molecule has 0 amide bonds. The molecule has 23 heavy (non-hydrogen) atoms. The second-order valence-corrected chi connectivity index (χ2v) is 6.73. The van der Waals surface area contributed by atoms with Crippen LogP contribution in [0.5, 0.6) is 0 Å². The van der Waals surface area contributed by atoms with Gasteiger partial charge < -0.3 is 4.57 Å². The Bertz CT molecular complexity index is 820. The summed E-state index contributed by atoms with van der Waals surface area (Å²) in [6, 6.07) is 16.8. The summed E-state index contributed by atoms with van der Waals surface area (Å²) in [5.41, 5.74) is 2.33. The maximum absolute atomic E-state index is 11.2. The van der Waals surface area contributed by atoms with Crippen molar-refractivity contribution in [1.82, 2.24) is 4.57 Å². The summed E-state index contributed by atoms with van der Waals surface area (Å²) in [5.74, 6) is 0. The minimum atomic E-state index is -2.23. The Labute approximate surface area is 137 Å². The number of para-hydroxylation sites is 2. The molecule has 4 rings (SSSR count). The second kappa shape index (κ2) is 6.07. The van der Waals surface area contributed by atoms with Crippen LogP contribution in [0, 0.1) is 0 Å². The van der Waals surface area contributed by atoms with Crippen LogP contribution in [-0.4, -0.2) is 19.4 Å². The maximum Gasteiger partial charge on any atom is 0.302 e. The molecule has 0 spiro atoms. The summed E-state index contributed by atoms with van der Waals surface area (Å²) in [7, 11) is 0. The summed E-state index contributed by atoms with van der Waals surface area (Å²) in [6.45, 7) is 0. The molecular formula is C18H19NO3S. The van der Waals surface area contributed by atoms with Gasteiger partial charge in [-0.2, -0.15) is 4.21 Å². The van der Waals surface area contributed by atoms with Crippen molar-refractivity contribution in [2.24, 2.45) is 0 Å². The maximum atomic E-state index is 11.2. The number of hydrogen-bond donors (Lipinski definition) is 1. The van der Waals surface area contributed by atoms with E-state index in [9.17, 15) is 8.76 Å². The SMILES string of the molecule is O=S(O)O[C@@H]1CCCCC1n1c2ccccc2c2ccccc21. The Balaban J connectivity index is 1.93. The lowest BCUT2D eigenvalue weighted by atomic mass is 9.92. The highest BCUT2D eigenvalue weighted by Crippen LogP contribution is 2.38. The van der Waals surface area contributed by atoms with Gasteiger partial charge in [-0.15, -0.1) is 0 Å². The zero-order valence-corrected chi connectivity index (χ0v) is 13.5. The van der Waals surface area contributed by atoms with Crippen molar-refractivity contribution in [1.29, 1.82) is 0 Å². The molecule has 2 aromatic carbocycles. The van der Waals surface area contributed by atoms with E-state index in [1.165, 1.54) is 10.8 Å². The normalized spacial score (nSPS) is 23.3. The van der Waals surface area contributed by atoms with Crippen LogP contribution < -0.4 is 0 Å². The minimum Gasteiger partial charge on any atom is -0.335 e. The first-order chi connectivity index (χ1) is 11.3. The molecule has 0 bridgehead atoms. The number of rotatable bonds is 3. The molecule has 5 heteroatoms. The van der Waals surface area contributed by atoms with Crippen LogP contribution in [0.15, 0.2) is 48.5 Å². The van der Waals surface area contributed by atoms with Crippen LogP contribution in [0.4, 0.5) is 0 Å². The Kier molecular flexibility index (Phi) is 3.93. The van der Waals surface area contributed by atoms with Crippen molar-refractivity contribution < 1.29 is 12.9 Å². The van der Waals surface area contributed by atoms with Gasteiger partial charge in [0.25, 0.3) is 0 Å². The van der Waals surface area contributed by atoms with Crippen LogP contribution >= 0.6 is 0 Å². The average Bonchev–Trinajstić information content (AvgIpc) is 2.90. The largest absolute Gasteiger partial charge is 0.335 e. The third-order valence-corrected chi connectivity index (χ3v) is 5.23. The standard InChI is InChI=1S/C18H19NO3S/c20-23(21)22-18-12-6-5-11-17(18)19-15-9-3-1-7-13(15)14-8-2-4-10-16(14)19/h1-4,7-10,17-18H,5-6,11-12H2,(H,20,21)/t17?,18-/m1/s1. The molecule has 0 saturated heterocycles. The van der Waals surface area contributed by atoms with Gasteiger partial charge in [0.15, 0.2) is 0 Å². The summed E-state index contributed by atoms with van der Waals surface area (Å²) >= 11 is -2.23. The van der Waals surface area contributed by atoms with Gasteiger partial charge in [-0.05, 0) is 25.0 Å². The van der Waals surface area contributed by atoms with Crippen molar-refractivity contribution in [3.63, 3.8) is 0 Å². The molecule has 2 unspecified atom stereocenters. The predicted molar refractivity (Wildman–Crippen MR) is 92.6 cm³/mol. The molecule has 0 radical (unpaired) electrons. The summed E-state index contributed by atoms with van der Waals surface area (Å²) in [5, 5.41) is 2.44. The van der Waals surface area contributed by atoms with Crippen molar-refractivity contribution >= 4 is 33.2 Å². The van der Waals surface area contributed by atoms with Crippen LogP contribution in [0.3, 0.4) is 0 Å². The first-order valence-corrected chi connectivity index (χ1v) is 9.04. The second-order valence-electron chi connectivity index (χ2n) is 6.11. The zero-order chi connectivity index (χ0) is 15.8. The highest BCUT2D eigenvalue weighted by atomic mass is 32.2. The van der Waals surface area contributed by atoms with Crippen molar-refractivity contribution in [3.05, 3.63) is 48.5 Å². The van der Waals surface area contributed by atoms with E-state index < -0.39 is 11.4 Å². The molecule has 1 fully saturated rings. The van der Waals surface area contributed by atoms with E-state index in [2.05, 4.69) is 41.0 Å². The number of hydrogen-bond acceptors (Lipinski definition) is 2. The average molecular weight is 329 g/mol. The summed E-state index contributed by atoms with van der Waals surface area (Å²) < 4.78 is 28.0. The van der Waals surface area contributed by atoms with Gasteiger partial charge in [0.05, 0.1) is 12.1 Å². The van der Waals surface area contributed by atoms with Crippen LogP contribution in [0.1, 0.15) is 31.7 Å². The number of benzene rings is 2. The Morgan fingerprint density at radius 1 is 0.957 bits per heavy atom. The van der Waals surface area contributed by atoms with Gasteiger partial charge in [0, 0.05) is 21.8 Å². The minimum absolute atomic E-state index is 0.0876. The van der Waals surface area contributed by atoms with Crippen molar-refractivity contribution in [2.75, 3.05) is 0 Å². The van der Waals surface area contributed by atoms with Gasteiger partial charge in [-0.3, -0.25) is 8.74 Å². The highest BCUT2D eigenvalue weighted by Gasteiger charge is 2.31. The predicted octanol–water partition coefficient (Wildman–Crippen LogP) is 4.43. The van der Waals surface area contributed by atoms with E-state index in [0.717, 1.165) is 36.7 Å². The van der Waals surface area contributed by atoms with Crippen LogP contribution in [0.25, 0.3) is 21.8 Å².